The zero-order valence-corrected chi connectivity index (χ0v) is 30.5. The maximum atomic E-state index is 16.0. The number of methoxy groups -OCH3 is 2. The molecule has 7 rings (SSSR count). The number of rotatable bonds is 10. The van der Waals surface area contributed by atoms with Crippen molar-refractivity contribution in [2.24, 2.45) is 7.05 Å². The highest BCUT2D eigenvalue weighted by atomic mass is 19.1. The van der Waals surface area contributed by atoms with Crippen LogP contribution in [0.15, 0.2) is 77.9 Å². The van der Waals surface area contributed by atoms with Gasteiger partial charge in [-0.3, -0.25) is 24.5 Å². The Morgan fingerprint density at radius 3 is 2.31 bits per heavy atom. The van der Waals surface area contributed by atoms with Crippen molar-refractivity contribution in [2.45, 2.75) is 32.0 Å². The summed E-state index contributed by atoms with van der Waals surface area (Å²) in [7, 11) is 4.80. The van der Waals surface area contributed by atoms with E-state index in [1.807, 2.05) is 24.3 Å². The van der Waals surface area contributed by atoms with Gasteiger partial charge in [-0.05, 0) is 60.4 Å². The van der Waals surface area contributed by atoms with Gasteiger partial charge in [0.2, 0.25) is 0 Å². The van der Waals surface area contributed by atoms with Gasteiger partial charge in [-0.1, -0.05) is 12.1 Å². The SMILES string of the molecule is COc1ccc(Cn2ncc3c(-c4cc(F)c(CN5CCN(C(=O)NC6CCN(c7ccc([N+](=O)[O-])cc7)CC6)CC5)c(OC)c4)cn(C)c(=O)c32)cc1. The molecule has 0 radical (unpaired) electrons. The van der Waals surface area contributed by atoms with Crippen molar-refractivity contribution < 1.29 is 23.6 Å². The lowest BCUT2D eigenvalue weighted by Gasteiger charge is -2.37. The van der Waals surface area contributed by atoms with Crippen LogP contribution in [-0.2, 0) is 20.1 Å². The molecule has 2 aliphatic rings. The molecule has 282 valence electrons. The summed E-state index contributed by atoms with van der Waals surface area (Å²) in [5.41, 5.74) is 3.81. The van der Waals surface area contributed by atoms with Gasteiger partial charge in [-0.2, -0.15) is 5.10 Å². The van der Waals surface area contributed by atoms with Crippen LogP contribution in [0.5, 0.6) is 11.5 Å². The lowest BCUT2D eigenvalue weighted by molar-refractivity contribution is -0.384. The number of piperidine rings is 1. The third kappa shape index (κ3) is 7.57. The van der Waals surface area contributed by atoms with Crippen molar-refractivity contribution in [2.75, 3.05) is 58.4 Å². The number of benzene rings is 3. The van der Waals surface area contributed by atoms with Crippen molar-refractivity contribution in [3.8, 4) is 22.6 Å². The van der Waals surface area contributed by atoms with E-state index in [4.69, 9.17) is 9.47 Å². The van der Waals surface area contributed by atoms with Crippen molar-refractivity contribution >= 4 is 28.3 Å². The van der Waals surface area contributed by atoms with E-state index >= 15 is 4.39 Å². The Bertz CT molecular complexity index is 2210. The third-order valence-electron chi connectivity index (χ3n) is 10.4. The normalized spacial score (nSPS) is 15.4. The van der Waals surface area contributed by atoms with Crippen molar-refractivity contribution in [3.05, 3.63) is 110 Å². The Balaban J connectivity index is 0.976. The number of nitrogens with zero attached hydrogens (tertiary/aromatic N) is 7. The number of carbonyl (C=O) groups excluding carboxylic acids is 1. The molecule has 0 aliphatic carbocycles. The van der Waals surface area contributed by atoms with Crippen LogP contribution in [0.25, 0.3) is 22.0 Å². The number of nitrogens with one attached hydrogen (secondary N) is 1. The van der Waals surface area contributed by atoms with E-state index in [0.717, 1.165) is 42.9 Å². The standard InChI is InChI=1S/C39H43FN8O6/c1-43-24-33(32-22-41-47(37(32)38(43)49)23-26-4-10-31(53-2)11-5-26)27-20-35(40)34(36(21-27)54-3)25-44-16-18-46(19-17-44)39(50)42-28-12-14-45(15-13-28)29-6-8-30(9-7-29)48(51)52/h4-11,20-22,24,28H,12-19,23,25H2,1-3H3,(H,42,50). The lowest BCUT2D eigenvalue weighted by Crippen LogP contribution is -2.54. The minimum Gasteiger partial charge on any atom is -0.497 e. The monoisotopic (exact) mass is 738 g/mol. The molecular formula is C39H43FN8O6. The number of amides is 2. The van der Waals surface area contributed by atoms with Crippen LogP contribution in [-0.4, -0.2) is 94.6 Å². The molecule has 0 unspecified atom stereocenters. The molecule has 1 N–H and O–H groups in total. The predicted octanol–water partition coefficient (Wildman–Crippen LogP) is 5.01. The van der Waals surface area contributed by atoms with Crippen LogP contribution >= 0.6 is 0 Å². The molecule has 2 amide bonds. The lowest BCUT2D eigenvalue weighted by atomic mass is 10.0. The number of ether oxygens (including phenoxy) is 2. The number of pyridine rings is 1. The van der Waals surface area contributed by atoms with Crippen LogP contribution in [0, 0.1) is 15.9 Å². The topological polar surface area (TPSA) is 140 Å². The number of urea groups is 1. The quantitative estimate of drug-likeness (QED) is 0.155. The second kappa shape index (κ2) is 15.6. The maximum absolute atomic E-state index is 16.0. The second-order valence-corrected chi connectivity index (χ2v) is 13.8. The largest absolute Gasteiger partial charge is 0.497 e. The van der Waals surface area contributed by atoms with E-state index < -0.39 is 10.7 Å². The summed E-state index contributed by atoms with van der Waals surface area (Å²) < 4.78 is 30.1. The highest BCUT2D eigenvalue weighted by Gasteiger charge is 2.27. The third-order valence-corrected chi connectivity index (χ3v) is 10.4. The van der Waals surface area contributed by atoms with E-state index in [9.17, 15) is 19.7 Å². The molecule has 0 spiro atoms. The number of fused-ring (bicyclic) bond motifs is 1. The van der Waals surface area contributed by atoms with Crippen LogP contribution in [0.1, 0.15) is 24.0 Å². The van der Waals surface area contributed by atoms with E-state index in [1.165, 1.54) is 29.9 Å². The molecule has 0 saturated carbocycles. The molecule has 15 heteroatoms. The van der Waals surface area contributed by atoms with Gasteiger partial charge in [0.25, 0.3) is 11.2 Å². The number of nitro benzene ring substituents is 1. The number of aryl methyl sites for hydroxylation is 1. The molecule has 14 nitrogen and oxygen atoms in total. The van der Waals surface area contributed by atoms with Crippen molar-refractivity contribution in [1.82, 2.24) is 29.5 Å². The second-order valence-electron chi connectivity index (χ2n) is 13.8. The molecule has 2 aliphatic heterocycles. The first kappa shape index (κ1) is 36.4. The van der Waals surface area contributed by atoms with Gasteiger partial charge in [-0.25, -0.2) is 9.18 Å². The van der Waals surface area contributed by atoms with Gasteiger partial charge in [0.1, 0.15) is 22.8 Å². The zero-order valence-electron chi connectivity index (χ0n) is 30.5. The van der Waals surface area contributed by atoms with Crippen molar-refractivity contribution in [3.63, 3.8) is 0 Å². The highest BCUT2D eigenvalue weighted by molar-refractivity contribution is 5.94. The molecule has 2 saturated heterocycles. The number of halogens is 1. The van der Waals surface area contributed by atoms with Crippen LogP contribution in [0.3, 0.4) is 0 Å². The number of non-ortho nitro benzene ring substituents is 1. The molecule has 2 fully saturated rings. The molecule has 2 aromatic heterocycles. The van der Waals surface area contributed by atoms with Crippen LogP contribution in [0.4, 0.5) is 20.6 Å². The number of nitro groups is 1. The Kier molecular flexibility index (Phi) is 10.5. The summed E-state index contributed by atoms with van der Waals surface area (Å²) >= 11 is 0. The molecule has 3 aromatic carbocycles. The van der Waals surface area contributed by atoms with Crippen LogP contribution < -0.4 is 25.2 Å². The summed E-state index contributed by atoms with van der Waals surface area (Å²) in [6, 6.07) is 17.3. The van der Waals surface area contributed by atoms with Gasteiger partial charge in [0.15, 0.2) is 0 Å². The Morgan fingerprint density at radius 2 is 1.67 bits per heavy atom. The van der Waals surface area contributed by atoms with E-state index in [2.05, 4.69) is 20.2 Å². The van der Waals surface area contributed by atoms with E-state index in [1.54, 1.807) is 54.3 Å². The molecule has 54 heavy (non-hydrogen) atoms. The molecule has 5 aromatic rings. The van der Waals surface area contributed by atoms with Gasteiger partial charge >= 0.3 is 6.03 Å². The number of anilines is 1. The fourth-order valence-electron chi connectivity index (χ4n) is 7.32. The van der Waals surface area contributed by atoms with Gasteiger partial charge in [0.05, 0.1) is 31.9 Å². The molecule has 4 heterocycles. The van der Waals surface area contributed by atoms with Crippen molar-refractivity contribution in [1.29, 1.82) is 0 Å². The summed E-state index contributed by atoms with van der Waals surface area (Å²) in [5, 5.41) is 19.3. The first-order valence-corrected chi connectivity index (χ1v) is 17.9. The number of piperazine rings is 1. The summed E-state index contributed by atoms with van der Waals surface area (Å²) in [5.74, 6) is 0.718. The van der Waals surface area contributed by atoms with Gasteiger partial charge in [-0.15, -0.1) is 0 Å². The first-order valence-electron chi connectivity index (χ1n) is 17.9. The summed E-state index contributed by atoms with van der Waals surface area (Å²) in [6.07, 6.45) is 4.89. The number of aromatic nitrogens is 3. The fraction of sp³-hybridized carbons (Fsp3) is 0.359. The van der Waals surface area contributed by atoms with E-state index in [0.29, 0.717) is 72.6 Å². The molecule has 0 atom stereocenters. The zero-order chi connectivity index (χ0) is 37.9. The van der Waals surface area contributed by atoms with Gasteiger partial charge < -0.3 is 29.2 Å². The Morgan fingerprint density at radius 1 is 0.963 bits per heavy atom. The minimum atomic E-state index is -0.419. The maximum Gasteiger partial charge on any atom is 0.317 e. The predicted molar refractivity (Wildman–Crippen MR) is 203 cm³/mol. The highest BCUT2D eigenvalue weighted by Crippen LogP contribution is 2.34. The Hall–Kier alpha value is -5.96. The minimum absolute atomic E-state index is 0.0396. The fourth-order valence-corrected chi connectivity index (χ4v) is 7.32. The average Bonchev–Trinajstić information content (AvgIpc) is 3.61. The summed E-state index contributed by atoms with van der Waals surface area (Å²) in [4.78, 5) is 43.2. The smallest absolute Gasteiger partial charge is 0.317 e. The Labute approximate surface area is 311 Å². The van der Waals surface area contributed by atoms with Gasteiger partial charge in [0, 0.05) is 99.4 Å². The summed E-state index contributed by atoms with van der Waals surface area (Å²) in [6.45, 7) is 4.33. The number of hydrogen-bond acceptors (Lipinski definition) is 9. The van der Waals surface area contributed by atoms with Crippen LogP contribution in [0.2, 0.25) is 0 Å². The molecule has 0 bridgehead atoms. The molecular weight excluding hydrogens is 695 g/mol. The van der Waals surface area contributed by atoms with E-state index in [-0.39, 0.29) is 23.3 Å². The number of carbonyl (C=O) groups is 1. The first-order chi connectivity index (χ1) is 26.1. The number of hydrogen-bond donors (Lipinski definition) is 1. The average molecular weight is 739 g/mol.